The molecule has 2 heteroatoms. The Kier molecular flexibility index (Phi) is 9.43. The number of fused-ring (bicyclic) bond motifs is 6. The van der Waals surface area contributed by atoms with Gasteiger partial charge in [-0.3, -0.25) is 0 Å². The van der Waals surface area contributed by atoms with Gasteiger partial charge in [-0.25, -0.2) is 0 Å². The summed E-state index contributed by atoms with van der Waals surface area (Å²) in [5.74, 6) is 0. The maximum Gasteiger partial charge on any atom is 0.0540 e. The molecule has 1 nitrogen and oxygen atoms in total. The Bertz CT molecular complexity index is 3660. The maximum absolute atomic E-state index is 2.42. The van der Waals surface area contributed by atoms with E-state index in [0.717, 1.165) is 22.6 Å². The number of para-hydroxylation sites is 1. The Morgan fingerprint density at radius 2 is 0.734 bits per heavy atom. The zero-order valence-corrected chi connectivity index (χ0v) is 35.8. The van der Waals surface area contributed by atoms with E-state index in [1.165, 1.54) is 91.8 Å². The molecular weight excluding hydrogens is 791 g/mol. The Labute approximate surface area is 377 Å². The lowest BCUT2D eigenvalue weighted by Gasteiger charge is -2.29. The van der Waals surface area contributed by atoms with Crippen LogP contribution in [-0.2, 0) is 0 Å². The molecule has 0 saturated heterocycles. The highest BCUT2D eigenvalue weighted by atomic mass is 32.1. The first-order valence-corrected chi connectivity index (χ1v) is 22.7. The standard InChI is InChI=1S/C62H41NS/c1-2-14-44(15-3-1)52-18-6-7-19-54(52)55-20-8-9-21-56(55)57-22-10-12-24-60(57)63(50-36-30-43(31-37-50)47-33-39-62-59(41-47)58-23-11-13-25-61(58)64-62)49-34-28-42(29-35-49)46-32-38-53-48(40-46)27-26-45-16-4-5-17-51(45)53/h1-41H. The molecule has 0 radical (unpaired) electrons. The van der Waals surface area contributed by atoms with Crippen molar-refractivity contribution in [2.75, 3.05) is 4.90 Å². The minimum Gasteiger partial charge on any atom is -0.310 e. The van der Waals surface area contributed by atoms with Crippen molar-refractivity contribution in [3.63, 3.8) is 0 Å². The Hall–Kier alpha value is -8.04. The zero-order chi connectivity index (χ0) is 42.4. The van der Waals surface area contributed by atoms with Crippen molar-refractivity contribution in [1.29, 1.82) is 0 Å². The summed E-state index contributed by atoms with van der Waals surface area (Å²) >= 11 is 1.86. The Morgan fingerprint density at radius 1 is 0.250 bits per heavy atom. The fourth-order valence-corrected chi connectivity index (χ4v) is 10.7. The molecular formula is C62H41NS. The van der Waals surface area contributed by atoms with Gasteiger partial charge in [0, 0.05) is 37.1 Å². The van der Waals surface area contributed by atoms with Crippen molar-refractivity contribution in [1.82, 2.24) is 0 Å². The van der Waals surface area contributed by atoms with Crippen molar-refractivity contribution < 1.29 is 0 Å². The Balaban J connectivity index is 0.983. The lowest BCUT2D eigenvalue weighted by atomic mass is 9.88. The second-order valence-corrected chi connectivity index (χ2v) is 17.5. The lowest BCUT2D eigenvalue weighted by Crippen LogP contribution is -2.11. The van der Waals surface area contributed by atoms with Gasteiger partial charge in [0.2, 0.25) is 0 Å². The van der Waals surface area contributed by atoms with Crippen molar-refractivity contribution in [2.45, 2.75) is 0 Å². The van der Waals surface area contributed by atoms with Gasteiger partial charge in [0.15, 0.2) is 0 Å². The predicted molar refractivity (Wildman–Crippen MR) is 276 cm³/mol. The van der Waals surface area contributed by atoms with E-state index in [2.05, 4.69) is 254 Å². The highest BCUT2D eigenvalue weighted by Crippen LogP contribution is 2.46. The van der Waals surface area contributed by atoms with Gasteiger partial charge in [-0.05, 0) is 126 Å². The smallest absolute Gasteiger partial charge is 0.0540 e. The number of anilines is 3. The third-order valence-electron chi connectivity index (χ3n) is 12.7. The summed E-state index contributed by atoms with van der Waals surface area (Å²) in [4.78, 5) is 2.42. The van der Waals surface area contributed by atoms with Crippen LogP contribution in [0.2, 0.25) is 0 Å². The van der Waals surface area contributed by atoms with Crippen molar-refractivity contribution in [2.24, 2.45) is 0 Å². The van der Waals surface area contributed by atoms with Gasteiger partial charge in [-0.2, -0.15) is 0 Å². The number of hydrogen-bond donors (Lipinski definition) is 0. The van der Waals surface area contributed by atoms with Gasteiger partial charge in [0.1, 0.15) is 0 Å². The molecule has 0 amide bonds. The summed E-state index contributed by atoms with van der Waals surface area (Å²) in [5.41, 5.74) is 15.2. The normalized spacial score (nSPS) is 11.4. The van der Waals surface area contributed by atoms with Gasteiger partial charge < -0.3 is 4.90 Å². The van der Waals surface area contributed by atoms with Gasteiger partial charge in [0.25, 0.3) is 0 Å². The Morgan fingerprint density at radius 3 is 1.47 bits per heavy atom. The molecule has 0 spiro atoms. The van der Waals surface area contributed by atoms with Gasteiger partial charge >= 0.3 is 0 Å². The summed E-state index contributed by atoms with van der Waals surface area (Å²) in [5, 5.41) is 7.70. The van der Waals surface area contributed by atoms with E-state index in [1.54, 1.807) is 0 Å². The highest BCUT2D eigenvalue weighted by molar-refractivity contribution is 7.25. The van der Waals surface area contributed by atoms with Crippen LogP contribution in [0.25, 0.3) is 97.4 Å². The van der Waals surface area contributed by atoms with E-state index in [9.17, 15) is 0 Å². The van der Waals surface area contributed by atoms with E-state index in [4.69, 9.17) is 0 Å². The number of thiophene rings is 1. The molecule has 0 N–H and O–H groups in total. The van der Waals surface area contributed by atoms with Crippen LogP contribution in [0.4, 0.5) is 17.1 Å². The van der Waals surface area contributed by atoms with E-state index < -0.39 is 0 Å². The fraction of sp³-hybridized carbons (Fsp3) is 0. The first-order chi connectivity index (χ1) is 31.7. The van der Waals surface area contributed by atoms with Crippen LogP contribution in [0.1, 0.15) is 0 Å². The fourth-order valence-electron chi connectivity index (χ4n) is 9.57. The van der Waals surface area contributed by atoms with E-state index in [1.807, 2.05) is 11.3 Å². The van der Waals surface area contributed by atoms with Gasteiger partial charge in [0.05, 0.1) is 5.69 Å². The molecule has 300 valence electrons. The van der Waals surface area contributed by atoms with Crippen molar-refractivity contribution >= 4 is 70.1 Å². The summed E-state index contributed by atoms with van der Waals surface area (Å²) in [6.45, 7) is 0. The molecule has 0 saturated carbocycles. The molecule has 0 atom stereocenters. The second kappa shape index (κ2) is 16.0. The summed E-state index contributed by atoms with van der Waals surface area (Å²) in [6, 6.07) is 91.0. The maximum atomic E-state index is 2.42. The number of rotatable bonds is 8. The molecule has 0 aliphatic carbocycles. The van der Waals surface area contributed by atoms with Crippen LogP contribution >= 0.6 is 11.3 Å². The van der Waals surface area contributed by atoms with Crippen LogP contribution in [0, 0.1) is 0 Å². The first-order valence-electron chi connectivity index (χ1n) is 21.9. The molecule has 0 fully saturated rings. The van der Waals surface area contributed by atoms with Crippen LogP contribution in [0.5, 0.6) is 0 Å². The SMILES string of the molecule is c1ccc(-c2ccccc2-c2ccccc2-c2ccccc2N(c2ccc(-c3ccc4c(ccc5ccccc54)c3)cc2)c2ccc(-c3ccc4sc5ccccc5c4c3)cc2)cc1. The predicted octanol–water partition coefficient (Wildman–Crippen LogP) is 18.2. The summed E-state index contributed by atoms with van der Waals surface area (Å²) in [7, 11) is 0. The van der Waals surface area contributed by atoms with Crippen molar-refractivity contribution in [3.05, 3.63) is 249 Å². The second-order valence-electron chi connectivity index (χ2n) is 16.4. The average molecular weight is 832 g/mol. The van der Waals surface area contributed by atoms with Crippen LogP contribution in [-0.4, -0.2) is 0 Å². The molecule has 12 rings (SSSR count). The van der Waals surface area contributed by atoms with Crippen molar-refractivity contribution in [3.8, 4) is 55.6 Å². The number of benzene rings is 11. The number of nitrogens with zero attached hydrogens (tertiary/aromatic N) is 1. The third kappa shape index (κ3) is 6.73. The molecule has 0 aliphatic rings. The summed E-state index contributed by atoms with van der Waals surface area (Å²) < 4.78 is 2.64. The third-order valence-corrected chi connectivity index (χ3v) is 13.9. The molecule has 11 aromatic carbocycles. The monoisotopic (exact) mass is 831 g/mol. The molecule has 1 aromatic heterocycles. The van der Waals surface area contributed by atoms with E-state index in [-0.39, 0.29) is 0 Å². The van der Waals surface area contributed by atoms with Gasteiger partial charge in [-0.1, -0.05) is 194 Å². The quantitative estimate of drug-likeness (QED) is 0.138. The van der Waals surface area contributed by atoms with Crippen LogP contribution < -0.4 is 4.90 Å². The zero-order valence-electron chi connectivity index (χ0n) is 35.0. The summed E-state index contributed by atoms with van der Waals surface area (Å²) in [6.07, 6.45) is 0. The van der Waals surface area contributed by atoms with E-state index in [0.29, 0.717) is 0 Å². The molecule has 0 unspecified atom stereocenters. The largest absolute Gasteiger partial charge is 0.310 e. The molecule has 0 aliphatic heterocycles. The van der Waals surface area contributed by atoms with Crippen LogP contribution in [0.15, 0.2) is 249 Å². The molecule has 12 aromatic rings. The lowest BCUT2D eigenvalue weighted by molar-refractivity contribution is 1.28. The molecule has 0 bridgehead atoms. The topological polar surface area (TPSA) is 3.24 Å². The van der Waals surface area contributed by atoms with Gasteiger partial charge in [-0.15, -0.1) is 11.3 Å². The molecule has 1 heterocycles. The average Bonchev–Trinajstić information content (AvgIpc) is 3.75. The van der Waals surface area contributed by atoms with E-state index >= 15 is 0 Å². The van der Waals surface area contributed by atoms with Crippen LogP contribution in [0.3, 0.4) is 0 Å². The minimum absolute atomic E-state index is 1.09. The molecule has 64 heavy (non-hydrogen) atoms. The highest BCUT2D eigenvalue weighted by Gasteiger charge is 2.21. The minimum atomic E-state index is 1.09. The first kappa shape index (κ1) is 37.7. The number of hydrogen-bond acceptors (Lipinski definition) is 2.